The van der Waals surface area contributed by atoms with Crippen molar-refractivity contribution >= 4 is 0 Å². The van der Waals surface area contributed by atoms with Gasteiger partial charge in [0.05, 0.1) is 24.8 Å². The molecular formula is C11H14N2O. The van der Waals surface area contributed by atoms with Crippen molar-refractivity contribution in [1.29, 1.82) is 5.26 Å². The molecule has 14 heavy (non-hydrogen) atoms. The quantitative estimate of drug-likeness (QED) is 0.750. The molecule has 1 rings (SSSR count). The standard InChI is InChI=1S/C11H14N2O/c1-9(7-12)13-11(8-14)10-5-3-2-4-6-10/h2-6,9,11,13-14H,8H2,1H3/t9-,11-/m0/s1. The van der Waals surface area contributed by atoms with E-state index < -0.39 is 0 Å². The maximum atomic E-state index is 9.15. The largest absolute Gasteiger partial charge is 0.394 e. The van der Waals surface area contributed by atoms with E-state index in [9.17, 15) is 0 Å². The van der Waals surface area contributed by atoms with E-state index in [0.29, 0.717) is 0 Å². The summed E-state index contributed by atoms with van der Waals surface area (Å²) < 4.78 is 0. The van der Waals surface area contributed by atoms with Gasteiger partial charge in [-0.3, -0.25) is 5.32 Å². The molecule has 0 unspecified atom stereocenters. The highest BCUT2D eigenvalue weighted by molar-refractivity contribution is 5.19. The van der Waals surface area contributed by atoms with Gasteiger partial charge in [-0.2, -0.15) is 5.26 Å². The highest BCUT2D eigenvalue weighted by atomic mass is 16.3. The molecular weight excluding hydrogens is 176 g/mol. The van der Waals surface area contributed by atoms with Gasteiger partial charge in [-0.05, 0) is 12.5 Å². The number of rotatable bonds is 4. The minimum absolute atomic E-state index is 0.00394. The molecule has 0 heterocycles. The number of nitriles is 1. The SMILES string of the molecule is C[C@@H](C#N)N[C@@H](CO)c1ccccc1. The van der Waals surface area contributed by atoms with E-state index in [-0.39, 0.29) is 18.7 Å². The maximum absolute atomic E-state index is 9.15. The average Bonchev–Trinajstić information content (AvgIpc) is 2.26. The highest BCUT2D eigenvalue weighted by Crippen LogP contribution is 2.11. The van der Waals surface area contributed by atoms with Gasteiger partial charge in [-0.25, -0.2) is 0 Å². The summed E-state index contributed by atoms with van der Waals surface area (Å²) in [5.74, 6) is 0. The first kappa shape index (κ1) is 10.7. The van der Waals surface area contributed by atoms with Crippen LogP contribution in [-0.4, -0.2) is 17.8 Å². The Labute approximate surface area is 84.0 Å². The summed E-state index contributed by atoms with van der Waals surface area (Å²) in [7, 11) is 0. The molecule has 0 saturated heterocycles. The smallest absolute Gasteiger partial charge is 0.0929 e. The molecule has 0 amide bonds. The Hall–Kier alpha value is -1.37. The molecule has 0 saturated carbocycles. The zero-order chi connectivity index (χ0) is 10.4. The lowest BCUT2D eigenvalue weighted by Crippen LogP contribution is -2.31. The Morgan fingerprint density at radius 2 is 2.07 bits per heavy atom. The fourth-order valence-corrected chi connectivity index (χ4v) is 1.28. The second kappa shape index (κ2) is 5.38. The van der Waals surface area contributed by atoms with Crippen molar-refractivity contribution in [3.63, 3.8) is 0 Å². The Balaban J connectivity index is 2.69. The Kier molecular flexibility index (Phi) is 4.11. The molecule has 3 heteroatoms. The lowest BCUT2D eigenvalue weighted by molar-refractivity contribution is 0.241. The zero-order valence-electron chi connectivity index (χ0n) is 8.14. The van der Waals surface area contributed by atoms with Crippen LogP contribution in [0.4, 0.5) is 0 Å². The third-order valence-corrected chi connectivity index (χ3v) is 2.03. The number of aliphatic hydroxyl groups excluding tert-OH is 1. The summed E-state index contributed by atoms with van der Waals surface area (Å²) in [5, 5.41) is 20.8. The van der Waals surface area contributed by atoms with Crippen LogP contribution in [0.2, 0.25) is 0 Å². The minimum atomic E-state index is -0.257. The van der Waals surface area contributed by atoms with Crippen molar-refractivity contribution in [3.8, 4) is 6.07 Å². The molecule has 2 atom stereocenters. The van der Waals surface area contributed by atoms with Crippen LogP contribution in [0.1, 0.15) is 18.5 Å². The van der Waals surface area contributed by atoms with Crippen LogP contribution in [0.3, 0.4) is 0 Å². The molecule has 2 N–H and O–H groups in total. The van der Waals surface area contributed by atoms with Crippen molar-refractivity contribution in [2.24, 2.45) is 0 Å². The van der Waals surface area contributed by atoms with E-state index in [2.05, 4.69) is 11.4 Å². The van der Waals surface area contributed by atoms with E-state index in [1.807, 2.05) is 30.3 Å². The van der Waals surface area contributed by atoms with Gasteiger partial charge in [-0.1, -0.05) is 30.3 Å². The Morgan fingerprint density at radius 1 is 1.43 bits per heavy atom. The third-order valence-electron chi connectivity index (χ3n) is 2.03. The molecule has 0 fully saturated rings. The summed E-state index contributed by atoms with van der Waals surface area (Å²) in [5.41, 5.74) is 0.997. The van der Waals surface area contributed by atoms with Crippen molar-refractivity contribution < 1.29 is 5.11 Å². The number of hydrogen-bond acceptors (Lipinski definition) is 3. The van der Waals surface area contributed by atoms with Crippen molar-refractivity contribution in [2.45, 2.75) is 19.0 Å². The summed E-state index contributed by atoms with van der Waals surface area (Å²) in [6, 6.07) is 11.3. The summed E-state index contributed by atoms with van der Waals surface area (Å²) in [6.07, 6.45) is 0. The molecule has 1 aromatic rings. The van der Waals surface area contributed by atoms with Gasteiger partial charge in [0.2, 0.25) is 0 Å². The normalized spacial score (nSPS) is 14.4. The number of hydrogen-bond donors (Lipinski definition) is 2. The molecule has 1 aromatic carbocycles. The monoisotopic (exact) mass is 190 g/mol. The topological polar surface area (TPSA) is 56.0 Å². The Morgan fingerprint density at radius 3 is 2.57 bits per heavy atom. The Bertz CT molecular complexity index is 305. The first-order chi connectivity index (χ1) is 6.77. The van der Waals surface area contributed by atoms with Gasteiger partial charge in [0, 0.05) is 0 Å². The van der Waals surface area contributed by atoms with Crippen LogP contribution in [-0.2, 0) is 0 Å². The van der Waals surface area contributed by atoms with E-state index in [1.54, 1.807) is 6.92 Å². The first-order valence-electron chi connectivity index (χ1n) is 4.59. The second-order valence-electron chi connectivity index (χ2n) is 3.16. The molecule has 0 radical (unpaired) electrons. The lowest BCUT2D eigenvalue weighted by Gasteiger charge is -2.17. The molecule has 0 aromatic heterocycles. The number of nitrogens with one attached hydrogen (secondary N) is 1. The highest BCUT2D eigenvalue weighted by Gasteiger charge is 2.11. The average molecular weight is 190 g/mol. The van der Waals surface area contributed by atoms with Gasteiger partial charge in [0.15, 0.2) is 0 Å². The lowest BCUT2D eigenvalue weighted by atomic mass is 10.1. The van der Waals surface area contributed by atoms with Gasteiger partial charge in [0.1, 0.15) is 0 Å². The van der Waals surface area contributed by atoms with E-state index in [1.165, 1.54) is 0 Å². The van der Waals surface area contributed by atoms with Gasteiger partial charge in [0.25, 0.3) is 0 Å². The first-order valence-corrected chi connectivity index (χ1v) is 4.59. The van der Waals surface area contributed by atoms with E-state index >= 15 is 0 Å². The van der Waals surface area contributed by atoms with Crippen LogP contribution >= 0.6 is 0 Å². The predicted molar refractivity (Wildman–Crippen MR) is 54.5 cm³/mol. The minimum Gasteiger partial charge on any atom is -0.394 e. The predicted octanol–water partition coefficient (Wildman–Crippen LogP) is 1.22. The van der Waals surface area contributed by atoms with Crippen LogP contribution in [0.25, 0.3) is 0 Å². The second-order valence-corrected chi connectivity index (χ2v) is 3.16. The number of nitrogens with zero attached hydrogens (tertiary/aromatic N) is 1. The van der Waals surface area contributed by atoms with Gasteiger partial charge < -0.3 is 5.11 Å². The molecule has 3 nitrogen and oxygen atoms in total. The van der Waals surface area contributed by atoms with E-state index in [4.69, 9.17) is 10.4 Å². The van der Waals surface area contributed by atoms with Crippen LogP contribution in [0, 0.1) is 11.3 Å². The van der Waals surface area contributed by atoms with Crippen molar-refractivity contribution in [3.05, 3.63) is 35.9 Å². The number of aliphatic hydroxyl groups is 1. The molecule has 0 bridgehead atoms. The summed E-state index contributed by atoms with van der Waals surface area (Å²) >= 11 is 0. The maximum Gasteiger partial charge on any atom is 0.0929 e. The van der Waals surface area contributed by atoms with Gasteiger partial charge >= 0.3 is 0 Å². The summed E-state index contributed by atoms with van der Waals surface area (Å²) in [6.45, 7) is 1.77. The third kappa shape index (κ3) is 2.84. The molecule has 0 spiro atoms. The fourth-order valence-electron chi connectivity index (χ4n) is 1.28. The van der Waals surface area contributed by atoms with Crippen LogP contribution in [0.5, 0.6) is 0 Å². The van der Waals surface area contributed by atoms with Crippen LogP contribution in [0.15, 0.2) is 30.3 Å². The fraction of sp³-hybridized carbons (Fsp3) is 0.364. The van der Waals surface area contributed by atoms with Crippen molar-refractivity contribution in [1.82, 2.24) is 5.32 Å². The zero-order valence-corrected chi connectivity index (χ0v) is 8.14. The molecule has 0 aliphatic rings. The molecule has 0 aliphatic heterocycles. The van der Waals surface area contributed by atoms with Crippen molar-refractivity contribution in [2.75, 3.05) is 6.61 Å². The van der Waals surface area contributed by atoms with Crippen LogP contribution < -0.4 is 5.32 Å². The van der Waals surface area contributed by atoms with Gasteiger partial charge in [-0.15, -0.1) is 0 Å². The summed E-state index contributed by atoms with van der Waals surface area (Å²) in [4.78, 5) is 0. The number of benzene rings is 1. The molecule has 0 aliphatic carbocycles. The molecule has 74 valence electrons. The van der Waals surface area contributed by atoms with E-state index in [0.717, 1.165) is 5.56 Å².